The summed E-state index contributed by atoms with van der Waals surface area (Å²) < 4.78 is 0. The fourth-order valence-corrected chi connectivity index (χ4v) is 0. The topological polar surface area (TPSA) is 0 Å². The van der Waals surface area contributed by atoms with Gasteiger partial charge in [-0.25, -0.2) is 0 Å². The standard InChI is InChI=1S/C3H3.BrH.Zn/c1-3-2;;/h1H,2H2;1H;/q-1;;. The molecule has 0 heterocycles. The fraction of sp³-hybridized carbons (Fsp3) is 0. The van der Waals surface area contributed by atoms with Gasteiger partial charge in [0.2, 0.25) is 0 Å². The van der Waals surface area contributed by atoms with Crippen molar-refractivity contribution in [1.82, 2.24) is 0 Å². The van der Waals surface area contributed by atoms with E-state index in [0.717, 1.165) is 0 Å². The Bertz CT molecular complexity index is 28.4. The van der Waals surface area contributed by atoms with Crippen LogP contribution in [0, 0.1) is 19.3 Å². The first kappa shape index (κ1) is 17.7. The molecule has 0 radical (unpaired) electrons. The van der Waals surface area contributed by atoms with Crippen LogP contribution < -0.4 is 0 Å². The third-order valence-electron chi connectivity index (χ3n) is 0. The van der Waals surface area contributed by atoms with Crippen molar-refractivity contribution >= 4 is 17.0 Å². The van der Waals surface area contributed by atoms with Gasteiger partial charge in [-0.15, -0.1) is 17.0 Å². The predicted molar refractivity (Wildman–Crippen MR) is 24.5 cm³/mol. The number of hydrogen-bond acceptors (Lipinski definition) is 0. The van der Waals surface area contributed by atoms with Crippen molar-refractivity contribution in [1.29, 1.82) is 0 Å². The molecule has 0 unspecified atom stereocenters. The summed E-state index contributed by atoms with van der Waals surface area (Å²) in [5, 5.41) is 0. The second-order valence-electron chi connectivity index (χ2n) is 0.204. The molecule has 0 nitrogen and oxygen atoms in total. The molecule has 0 saturated heterocycles. The third-order valence-corrected chi connectivity index (χ3v) is 0. The molecule has 0 aromatic carbocycles. The number of halogens is 1. The Labute approximate surface area is 55.9 Å². The van der Waals surface area contributed by atoms with Gasteiger partial charge in [0.1, 0.15) is 0 Å². The Morgan fingerprint density at radius 3 is 1.60 bits per heavy atom. The van der Waals surface area contributed by atoms with Crippen molar-refractivity contribution in [2.24, 2.45) is 0 Å². The summed E-state index contributed by atoms with van der Waals surface area (Å²) in [7, 11) is 0. The van der Waals surface area contributed by atoms with Gasteiger partial charge in [0.25, 0.3) is 0 Å². The number of hydrogen-bond donors (Lipinski definition) is 0. The first-order valence-corrected chi connectivity index (χ1v) is 0.642. The first-order chi connectivity index (χ1) is 1.41. The molecule has 0 N–H and O–H groups in total. The van der Waals surface area contributed by atoms with Gasteiger partial charge in [0, 0.05) is 19.5 Å². The Hall–Kier alpha value is 0.533. The minimum absolute atomic E-state index is 0. The summed E-state index contributed by atoms with van der Waals surface area (Å²) >= 11 is 0. The maximum absolute atomic E-state index is 4.49. The van der Waals surface area contributed by atoms with Crippen LogP contribution in [0.3, 0.4) is 0 Å². The average Bonchev–Trinajstić information content (AvgIpc) is 0.918. The van der Waals surface area contributed by atoms with Crippen LogP contribution in [-0.2, 0) is 19.5 Å². The van der Waals surface area contributed by atoms with E-state index in [1.165, 1.54) is 0 Å². The molecular weight excluding hydrogens is 181 g/mol. The molecule has 2 heteroatoms. The molecule has 5 heavy (non-hydrogen) atoms. The molecule has 26 valence electrons. The summed E-state index contributed by atoms with van der Waals surface area (Å²) in [5.41, 5.74) is 0. The maximum atomic E-state index is 4.49. The van der Waals surface area contributed by atoms with Crippen LogP contribution in [0.25, 0.3) is 0 Å². The molecule has 0 atom stereocenters. The van der Waals surface area contributed by atoms with E-state index in [1.54, 1.807) is 0 Å². The molecule has 0 spiro atoms. The largest absolute Gasteiger partial charge is 0.345 e. The molecule has 0 amide bonds. The van der Waals surface area contributed by atoms with Gasteiger partial charge in [-0.1, -0.05) is 0 Å². The monoisotopic (exact) mass is 183 g/mol. The minimum atomic E-state index is 0. The Balaban J connectivity index is -0.0000000200. The quantitative estimate of drug-likeness (QED) is 0.300. The molecule has 0 saturated carbocycles. The summed E-state index contributed by atoms with van der Waals surface area (Å²) in [6.07, 6.45) is 4.49. The van der Waals surface area contributed by atoms with Gasteiger partial charge in [-0.05, 0) is 0 Å². The molecule has 0 bridgehead atoms. The van der Waals surface area contributed by atoms with Crippen LogP contribution in [-0.4, -0.2) is 0 Å². The molecule has 0 aromatic rings. The zero-order valence-corrected chi connectivity index (χ0v) is 7.58. The minimum Gasteiger partial charge on any atom is -0.345 e. The average molecular weight is 185 g/mol. The summed E-state index contributed by atoms with van der Waals surface area (Å²) in [5.74, 6) is 2.00. The second kappa shape index (κ2) is 24.1. The van der Waals surface area contributed by atoms with E-state index in [1.807, 2.05) is 5.92 Å². The fourth-order valence-electron chi connectivity index (χ4n) is 0. The van der Waals surface area contributed by atoms with Crippen LogP contribution in [0.4, 0.5) is 0 Å². The molecular formula is C3H4BrZn-. The van der Waals surface area contributed by atoms with Crippen LogP contribution in [0.1, 0.15) is 0 Å². The van der Waals surface area contributed by atoms with Gasteiger partial charge in [-0.2, -0.15) is 6.92 Å². The zero-order valence-electron chi connectivity index (χ0n) is 2.90. The van der Waals surface area contributed by atoms with Gasteiger partial charge >= 0.3 is 0 Å². The molecule has 0 aliphatic carbocycles. The van der Waals surface area contributed by atoms with Crippen LogP contribution >= 0.6 is 17.0 Å². The van der Waals surface area contributed by atoms with Crippen LogP contribution in [0.2, 0.25) is 0 Å². The molecule has 0 fully saturated rings. The summed E-state index contributed by atoms with van der Waals surface area (Å²) in [4.78, 5) is 0. The van der Waals surface area contributed by atoms with E-state index in [-0.39, 0.29) is 36.5 Å². The van der Waals surface area contributed by atoms with Gasteiger partial charge in [0.05, 0.1) is 0 Å². The van der Waals surface area contributed by atoms with Crippen LogP contribution in [0.15, 0.2) is 0 Å². The van der Waals surface area contributed by atoms with Crippen molar-refractivity contribution in [3.8, 4) is 12.3 Å². The Morgan fingerprint density at radius 1 is 1.60 bits per heavy atom. The molecule has 0 aliphatic rings. The maximum Gasteiger partial charge on any atom is 0 e. The molecule has 0 aromatic heterocycles. The van der Waals surface area contributed by atoms with Crippen molar-refractivity contribution < 1.29 is 19.5 Å². The molecule has 0 aliphatic heterocycles. The van der Waals surface area contributed by atoms with Gasteiger partial charge in [-0.3, -0.25) is 0 Å². The van der Waals surface area contributed by atoms with E-state index in [4.69, 9.17) is 0 Å². The first-order valence-electron chi connectivity index (χ1n) is 0.642. The van der Waals surface area contributed by atoms with Crippen molar-refractivity contribution in [3.05, 3.63) is 6.92 Å². The van der Waals surface area contributed by atoms with Crippen molar-refractivity contribution in [3.63, 3.8) is 0 Å². The van der Waals surface area contributed by atoms with E-state index in [0.29, 0.717) is 0 Å². The number of terminal acetylenes is 1. The second-order valence-corrected chi connectivity index (χ2v) is 0.204. The smallest absolute Gasteiger partial charge is 0 e. The van der Waals surface area contributed by atoms with Crippen molar-refractivity contribution in [2.45, 2.75) is 0 Å². The van der Waals surface area contributed by atoms with E-state index in [9.17, 15) is 0 Å². The zero-order chi connectivity index (χ0) is 2.71. The van der Waals surface area contributed by atoms with E-state index >= 15 is 0 Å². The van der Waals surface area contributed by atoms with E-state index in [2.05, 4.69) is 13.3 Å². The normalized spacial score (nSPS) is 1.40. The Kier molecular flexibility index (Phi) is 85.3. The Morgan fingerprint density at radius 2 is 1.60 bits per heavy atom. The SMILES string of the molecule is Br.C#C[CH2-].[Zn]. The van der Waals surface area contributed by atoms with Gasteiger partial charge < -0.3 is 12.3 Å². The number of rotatable bonds is 0. The van der Waals surface area contributed by atoms with Gasteiger partial charge in [0.15, 0.2) is 0 Å². The molecule has 0 rings (SSSR count). The van der Waals surface area contributed by atoms with Crippen LogP contribution in [0.5, 0.6) is 0 Å². The van der Waals surface area contributed by atoms with E-state index < -0.39 is 0 Å². The summed E-state index contributed by atoms with van der Waals surface area (Å²) in [6, 6.07) is 0. The summed E-state index contributed by atoms with van der Waals surface area (Å²) in [6.45, 7) is 3.01. The third kappa shape index (κ3) is 102. The predicted octanol–water partition coefficient (Wildman–Crippen LogP) is 1.03. The van der Waals surface area contributed by atoms with Crippen molar-refractivity contribution in [2.75, 3.05) is 0 Å².